The van der Waals surface area contributed by atoms with E-state index in [1.165, 1.54) is 4.31 Å². The summed E-state index contributed by atoms with van der Waals surface area (Å²) in [4.78, 5) is 10.6. The van der Waals surface area contributed by atoms with Crippen molar-refractivity contribution in [2.45, 2.75) is 26.7 Å². The van der Waals surface area contributed by atoms with E-state index in [2.05, 4.69) is 0 Å². The van der Waals surface area contributed by atoms with E-state index in [0.717, 1.165) is 0 Å². The lowest BCUT2D eigenvalue weighted by molar-refractivity contribution is -0.141. The number of rotatable bonds is 5. The number of nitrogens with zero attached hydrogens (tertiary/aromatic N) is 1. The molecule has 0 radical (unpaired) electrons. The molecular formula is C10H19NO4S. The third kappa shape index (κ3) is 3.45. The minimum Gasteiger partial charge on any atom is -0.481 e. The fourth-order valence-electron chi connectivity index (χ4n) is 1.91. The van der Waals surface area contributed by atoms with E-state index in [1.807, 2.05) is 6.92 Å². The van der Waals surface area contributed by atoms with Crippen LogP contribution in [-0.2, 0) is 14.8 Å². The van der Waals surface area contributed by atoms with Gasteiger partial charge in [0.15, 0.2) is 0 Å². The molecule has 2 unspecified atom stereocenters. The first-order chi connectivity index (χ1) is 7.33. The zero-order valence-electron chi connectivity index (χ0n) is 9.72. The molecule has 1 fully saturated rings. The number of hydrogen-bond acceptors (Lipinski definition) is 3. The smallest absolute Gasteiger partial charge is 0.306 e. The second kappa shape index (κ2) is 5.14. The van der Waals surface area contributed by atoms with Crippen LogP contribution >= 0.6 is 0 Å². The summed E-state index contributed by atoms with van der Waals surface area (Å²) in [7, 11) is -3.07. The third-order valence-electron chi connectivity index (χ3n) is 2.87. The van der Waals surface area contributed by atoms with Crippen LogP contribution in [0.15, 0.2) is 0 Å². The Morgan fingerprint density at radius 1 is 1.56 bits per heavy atom. The molecule has 0 spiro atoms. The van der Waals surface area contributed by atoms with Crippen LogP contribution in [0.5, 0.6) is 0 Å². The van der Waals surface area contributed by atoms with Crippen molar-refractivity contribution >= 4 is 16.0 Å². The molecule has 94 valence electrons. The first kappa shape index (κ1) is 13.4. The average molecular weight is 249 g/mol. The minimum atomic E-state index is -3.07. The van der Waals surface area contributed by atoms with Crippen molar-refractivity contribution in [2.24, 2.45) is 11.8 Å². The fraction of sp³-hybridized carbons (Fsp3) is 0.900. The third-order valence-corrected chi connectivity index (χ3v) is 4.98. The second-order valence-corrected chi connectivity index (χ2v) is 6.64. The summed E-state index contributed by atoms with van der Waals surface area (Å²) in [5.41, 5.74) is 0. The zero-order chi connectivity index (χ0) is 12.3. The highest BCUT2D eigenvalue weighted by molar-refractivity contribution is 7.89. The first-order valence-corrected chi connectivity index (χ1v) is 7.14. The maximum atomic E-state index is 11.6. The summed E-state index contributed by atoms with van der Waals surface area (Å²) in [5, 5.41) is 8.69. The maximum absolute atomic E-state index is 11.6. The Kier molecular flexibility index (Phi) is 4.32. The summed E-state index contributed by atoms with van der Waals surface area (Å²) in [6, 6.07) is 0. The summed E-state index contributed by atoms with van der Waals surface area (Å²) in [5.74, 6) is -0.816. The van der Waals surface area contributed by atoms with Crippen molar-refractivity contribution in [2.75, 3.05) is 18.8 Å². The molecule has 16 heavy (non-hydrogen) atoms. The van der Waals surface area contributed by atoms with Gasteiger partial charge in [-0.05, 0) is 18.8 Å². The van der Waals surface area contributed by atoms with Gasteiger partial charge >= 0.3 is 5.97 Å². The van der Waals surface area contributed by atoms with Gasteiger partial charge < -0.3 is 5.11 Å². The number of carboxylic acid groups (broad SMARTS) is 1. The van der Waals surface area contributed by atoms with Crippen LogP contribution in [0.25, 0.3) is 0 Å². The molecule has 6 heteroatoms. The molecule has 2 atom stereocenters. The second-order valence-electron chi connectivity index (χ2n) is 4.62. The van der Waals surface area contributed by atoms with Crippen molar-refractivity contribution in [3.63, 3.8) is 0 Å². The van der Waals surface area contributed by atoms with Crippen molar-refractivity contribution in [3.8, 4) is 0 Å². The van der Waals surface area contributed by atoms with Gasteiger partial charge in [-0.15, -0.1) is 0 Å². The molecule has 1 rings (SSSR count). The maximum Gasteiger partial charge on any atom is 0.306 e. The quantitative estimate of drug-likeness (QED) is 0.781. The Hall–Kier alpha value is -0.620. The van der Waals surface area contributed by atoms with E-state index in [1.54, 1.807) is 6.92 Å². The highest BCUT2D eigenvalue weighted by Crippen LogP contribution is 2.19. The molecule has 0 aromatic carbocycles. The summed E-state index contributed by atoms with van der Waals surface area (Å²) >= 11 is 0. The van der Waals surface area contributed by atoms with Gasteiger partial charge in [-0.2, -0.15) is 0 Å². The molecule has 1 heterocycles. The summed E-state index contributed by atoms with van der Waals surface area (Å²) in [6.45, 7) is 4.58. The van der Waals surface area contributed by atoms with Crippen LogP contribution in [0.4, 0.5) is 0 Å². The molecule has 0 bridgehead atoms. The van der Waals surface area contributed by atoms with E-state index in [0.29, 0.717) is 25.9 Å². The van der Waals surface area contributed by atoms with Crippen LogP contribution in [0.2, 0.25) is 0 Å². The van der Waals surface area contributed by atoms with Crippen LogP contribution in [-0.4, -0.2) is 42.6 Å². The van der Waals surface area contributed by atoms with E-state index in [9.17, 15) is 13.2 Å². The van der Waals surface area contributed by atoms with E-state index < -0.39 is 21.9 Å². The fourth-order valence-corrected chi connectivity index (χ4v) is 3.83. The van der Waals surface area contributed by atoms with Gasteiger partial charge in [-0.3, -0.25) is 4.79 Å². The Bertz CT molecular complexity index is 352. The first-order valence-electron chi connectivity index (χ1n) is 5.53. The molecule has 1 saturated heterocycles. The monoisotopic (exact) mass is 249 g/mol. The summed E-state index contributed by atoms with van der Waals surface area (Å²) in [6.07, 6.45) is 1.13. The predicted molar refractivity (Wildman–Crippen MR) is 60.6 cm³/mol. The van der Waals surface area contributed by atoms with E-state index in [-0.39, 0.29) is 11.7 Å². The largest absolute Gasteiger partial charge is 0.481 e. The zero-order valence-corrected chi connectivity index (χ0v) is 10.5. The van der Waals surface area contributed by atoms with E-state index >= 15 is 0 Å². The number of carboxylic acids is 1. The topological polar surface area (TPSA) is 74.7 Å². The molecule has 1 aliphatic rings. The van der Waals surface area contributed by atoms with Crippen molar-refractivity contribution in [3.05, 3.63) is 0 Å². The molecule has 0 aromatic heterocycles. The van der Waals surface area contributed by atoms with Gasteiger partial charge in [-0.25, -0.2) is 12.7 Å². The van der Waals surface area contributed by atoms with Gasteiger partial charge in [0.2, 0.25) is 10.0 Å². The van der Waals surface area contributed by atoms with Crippen molar-refractivity contribution < 1.29 is 18.3 Å². The van der Waals surface area contributed by atoms with E-state index in [4.69, 9.17) is 5.11 Å². The number of carbonyl (C=O) groups is 1. The standard InChI is InChI=1S/C10H19NO4S/c1-8-6-11(16(14,15)7-8)5-3-4-9(2)10(12)13/h8-9H,3-7H2,1-2H3,(H,12,13). The van der Waals surface area contributed by atoms with Crippen LogP contribution in [0.3, 0.4) is 0 Å². The minimum absolute atomic E-state index is 0.182. The Balaban J connectivity index is 2.36. The van der Waals surface area contributed by atoms with Gasteiger partial charge in [0.05, 0.1) is 11.7 Å². The molecule has 0 amide bonds. The summed E-state index contributed by atoms with van der Waals surface area (Å²) < 4.78 is 24.7. The molecule has 5 nitrogen and oxygen atoms in total. The van der Waals surface area contributed by atoms with Crippen LogP contribution < -0.4 is 0 Å². The highest BCUT2D eigenvalue weighted by atomic mass is 32.2. The van der Waals surface area contributed by atoms with Gasteiger partial charge in [0.25, 0.3) is 0 Å². The number of aliphatic carboxylic acids is 1. The van der Waals surface area contributed by atoms with Crippen molar-refractivity contribution in [1.82, 2.24) is 4.31 Å². The predicted octanol–water partition coefficient (Wildman–Crippen LogP) is 0.769. The highest BCUT2D eigenvalue weighted by Gasteiger charge is 2.32. The average Bonchev–Trinajstić information content (AvgIpc) is 2.39. The molecule has 1 N–H and O–H groups in total. The Labute approximate surface area is 96.5 Å². The van der Waals surface area contributed by atoms with Crippen molar-refractivity contribution in [1.29, 1.82) is 0 Å². The molecule has 0 saturated carbocycles. The molecule has 1 aliphatic heterocycles. The normalized spacial score (nSPS) is 26.8. The van der Waals surface area contributed by atoms with Crippen LogP contribution in [0.1, 0.15) is 26.7 Å². The SMILES string of the molecule is CC1CN(CCCC(C)C(=O)O)S(=O)(=O)C1. The Morgan fingerprint density at radius 2 is 2.19 bits per heavy atom. The molecule has 0 aromatic rings. The van der Waals surface area contributed by atoms with Gasteiger partial charge in [0, 0.05) is 13.1 Å². The lowest BCUT2D eigenvalue weighted by Crippen LogP contribution is -2.27. The lowest BCUT2D eigenvalue weighted by atomic mass is 10.1. The molecular weight excluding hydrogens is 230 g/mol. The van der Waals surface area contributed by atoms with Gasteiger partial charge in [-0.1, -0.05) is 13.8 Å². The van der Waals surface area contributed by atoms with Crippen LogP contribution in [0, 0.1) is 11.8 Å². The number of sulfonamides is 1. The Morgan fingerprint density at radius 3 is 2.62 bits per heavy atom. The molecule has 0 aliphatic carbocycles. The lowest BCUT2D eigenvalue weighted by Gasteiger charge is -2.14. The van der Waals surface area contributed by atoms with Gasteiger partial charge in [0.1, 0.15) is 0 Å². The number of hydrogen-bond donors (Lipinski definition) is 1.